The highest BCUT2D eigenvalue weighted by molar-refractivity contribution is 5.29. The smallest absolute Gasteiger partial charge is 0.0919 e. The van der Waals surface area contributed by atoms with Gasteiger partial charge in [-0.1, -0.05) is 29.8 Å². The molecule has 0 radical (unpaired) electrons. The van der Waals surface area contributed by atoms with Crippen LogP contribution in [0.15, 0.2) is 24.3 Å². The Hall–Kier alpha value is -1.61. The van der Waals surface area contributed by atoms with Crippen LogP contribution in [0.3, 0.4) is 0 Å². The van der Waals surface area contributed by atoms with Gasteiger partial charge in [-0.05, 0) is 45.7 Å². The Morgan fingerprint density at radius 1 is 1.05 bits per heavy atom. The van der Waals surface area contributed by atoms with Gasteiger partial charge < -0.3 is 5.73 Å². The first kappa shape index (κ1) is 13.8. The lowest BCUT2D eigenvalue weighted by atomic mass is 9.99. The fourth-order valence-corrected chi connectivity index (χ4v) is 2.45. The molecule has 0 aliphatic carbocycles. The second-order valence-electron chi connectivity index (χ2n) is 5.46. The molecule has 0 bridgehead atoms. The van der Waals surface area contributed by atoms with Crippen LogP contribution in [-0.4, -0.2) is 15.8 Å². The fraction of sp³-hybridized carbons (Fsp3) is 0.438. The number of nitrogens with zero attached hydrogens (tertiary/aromatic N) is 2. The SMILES string of the molecule is Cc1ccc(C(C(C)N)n2nc(C)c(C)c2C)cc1. The number of hydrogen-bond donors (Lipinski definition) is 1. The number of rotatable bonds is 3. The van der Waals surface area contributed by atoms with Gasteiger partial charge in [0, 0.05) is 11.7 Å². The molecule has 3 heteroatoms. The van der Waals surface area contributed by atoms with E-state index in [2.05, 4.69) is 54.8 Å². The summed E-state index contributed by atoms with van der Waals surface area (Å²) in [5.74, 6) is 0. The van der Waals surface area contributed by atoms with Crippen molar-refractivity contribution >= 4 is 0 Å². The van der Waals surface area contributed by atoms with Crippen molar-refractivity contribution in [3.63, 3.8) is 0 Å². The van der Waals surface area contributed by atoms with Crippen LogP contribution in [-0.2, 0) is 0 Å². The highest BCUT2D eigenvalue weighted by Crippen LogP contribution is 2.25. The van der Waals surface area contributed by atoms with E-state index in [1.807, 2.05) is 13.8 Å². The lowest BCUT2D eigenvalue weighted by Crippen LogP contribution is -2.31. The van der Waals surface area contributed by atoms with E-state index in [4.69, 9.17) is 5.73 Å². The third kappa shape index (κ3) is 2.56. The van der Waals surface area contributed by atoms with Crippen LogP contribution < -0.4 is 5.73 Å². The summed E-state index contributed by atoms with van der Waals surface area (Å²) in [5, 5.41) is 4.67. The molecule has 0 amide bonds. The largest absolute Gasteiger partial charge is 0.326 e. The van der Waals surface area contributed by atoms with Gasteiger partial charge in [0.1, 0.15) is 0 Å². The van der Waals surface area contributed by atoms with Crippen molar-refractivity contribution in [2.45, 2.75) is 46.7 Å². The van der Waals surface area contributed by atoms with E-state index in [9.17, 15) is 0 Å². The van der Waals surface area contributed by atoms with Crippen molar-refractivity contribution in [2.75, 3.05) is 0 Å². The molecule has 2 rings (SSSR count). The van der Waals surface area contributed by atoms with E-state index in [0.717, 1.165) is 5.69 Å². The molecule has 0 aliphatic rings. The van der Waals surface area contributed by atoms with Gasteiger partial charge >= 0.3 is 0 Å². The number of aromatic nitrogens is 2. The maximum Gasteiger partial charge on any atom is 0.0919 e. The molecule has 1 aromatic heterocycles. The summed E-state index contributed by atoms with van der Waals surface area (Å²) in [7, 11) is 0. The Bertz CT molecular complexity index is 564. The highest BCUT2D eigenvalue weighted by Gasteiger charge is 2.22. The van der Waals surface area contributed by atoms with Crippen molar-refractivity contribution < 1.29 is 0 Å². The predicted molar refractivity (Wildman–Crippen MR) is 79.4 cm³/mol. The minimum atomic E-state index is 0.0140. The Balaban J connectivity index is 2.51. The molecule has 0 saturated carbocycles. The normalized spacial score (nSPS) is 14.4. The first-order chi connectivity index (χ1) is 8.91. The zero-order valence-corrected chi connectivity index (χ0v) is 12.4. The summed E-state index contributed by atoms with van der Waals surface area (Å²) >= 11 is 0. The summed E-state index contributed by atoms with van der Waals surface area (Å²) in [6, 6.07) is 8.66. The van der Waals surface area contributed by atoms with Gasteiger partial charge in [0.05, 0.1) is 11.7 Å². The second kappa shape index (κ2) is 5.17. The highest BCUT2D eigenvalue weighted by atomic mass is 15.3. The summed E-state index contributed by atoms with van der Waals surface area (Å²) in [6.07, 6.45) is 0. The molecule has 0 saturated heterocycles. The fourth-order valence-electron chi connectivity index (χ4n) is 2.45. The summed E-state index contributed by atoms with van der Waals surface area (Å²) in [6.45, 7) is 10.4. The molecular weight excluding hydrogens is 234 g/mol. The van der Waals surface area contributed by atoms with Gasteiger partial charge in [-0.3, -0.25) is 4.68 Å². The van der Waals surface area contributed by atoms with E-state index in [-0.39, 0.29) is 12.1 Å². The molecule has 1 heterocycles. The second-order valence-corrected chi connectivity index (χ2v) is 5.46. The molecule has 2 unspecified atom stereocenters. The molecule has 102 valence electrons. The van der Waals surface area contributed by atoms with Crippen LogP contribution >= 0.6 is 0 Å². The maximum atomic E-state index is 6.21. The Labute approximate surface area is 115 Å². The average Bonchev–Trinajstić information content (AvgIpc) is 2.60. The lowest BCUT2D eigenvalue weighted by molar-refractivity contribution is 0.443. The first-order valence-corrected chi connectivity index (χ1v) is 6.76. The van der Waals surface area contributed by atoms with Crippen molar-refractivity contribution in [2.24, 2.45) is 5.73 Å². The molecular formula is C16H23N3. The molecule has 2 atom stereocenters. The van der Waals surface area contributed by atoms with Gasteiger partial charge in [0.25, 0.3) is 0 Å². The zero-order valence-electron chi connectivity index (χ0n) is 12.4. The topological polar surface area (TPSA) is 43.8 Å². The standard InChI is InChI=1S/C16H23N3/c1-10-6-8-15(9-7-10)16(12(3)17)19-14(5)11(2)13(4)18-19/h6-9,12,16H,17H2,1-5H3. The van der Waals surface area contributed by atoms with Crippen LogP contribution in [0.4, 0.5) is 0 Å². The molecule has 0 aliphatic heterocycles. The van der Waals surface area contributed by atoms with Gasteiger partial charge in [-0.15, -0.1) is 0 Å². The van der Waals surface area contributed by atoms with Crippen molar-refractivity contribution in [1.29, 1.82) is 0 Å². The zero-order chi connectivity index (χ0) is 14.2. The van der Waals surface area contributed by atoms with Crippen LogP contribution in [0, 0.1) is 27.7 Å². The van der Waals surface area contributed by atoms with Gasteiger partial charge in [0.15, 0.2) is 0 Å². The predicted octanol–water partition coefficient (Wildman–Crippen LogP) is 3.05. The van der Waals surface area contributed by atoms with Crippen LogP contribution in [0.1, 0.15) is 41.0 Å². The third-order valence-corrected chi connectivity index (χ3v) is 3.87. The third-order valence-electron chi connectivity index (χ3n) is 3.87. The Morgan fingerprint density at radius 3 is 2.05 bits per heavy atom. The minimum Gasteiger partial charge on any atom is -0.326 e. The Morgan fingerprint density at radius 2 is 1.63 bits per heavy atom. The maximum absolute atomic E-state index is 6.21. The minimum absolute atomic E-state index is 0.0140. The summed E-state index contributed by atoms with van der Waals surface area (Å²) in [4.78, 5) is 0. The van der Waals surface area contributed by atoms with Gasteiger partial charge in [-0.2, -0.15) is 5.10 Å². The van der Waals surface area contributed by atoms with Crippen LogP contribution in [0.2, 0.25) is 0 Å². The average molecular weight is 257 g/mol. The molecule has 19 heavy (non-hydrogen) atoms. The quantitative estimate of drug-likeness (QED) is 0.918. The van der Waals surface area contributed by atoms with E-state index >= 15 is 0 Å². The van der Waals surface area contributed by atoms with E-state index in [1.54, 1.807) is 0 Å². The van der Waals surface area contributed by atoms with E-state index in [0.29, 0.717) is 0 Å². The van der Waals surface area contributed by atoms with Crippen LogP contribution in [0.5, 0.6) is 0 Å². The first-order valence-electron chi connectivity index (χ1n) is 6.76. The number of benzene rings is 1. The monoisotopic (exact) mass is 257 g/mol. The number of aryl methyl sites for hydroxylation is 2. The lowest BCUT2D eigenvalue weighted by Gasteiger charge is -2.23. The van der Waals surface area contributed by atoms with Gasteiger partial charge in [0.2, 0.25) is 0 Å². The molecule has 0 fully saturated rings. The summed E-state index contributed by atoms with van der Waals surface area (Å²) in [5.41, 5.74) is 12.2. The molecule has 3 nitrogen and oxygen atoms in total. The van der Waals surface area contributed by atoms with Crippen molar-refractivity contribution in [3.8, 4) is 0 Å². The Kier molecular flexibility index (Phi) is 3.76. The summed E-state index contributed by atoms with van der Waals surface area (Å²) < 4.78 is 2.07. The molecule has 1 aromatic carbocycles. The van der Waals surface area contributed by atoms with Gasteiger partial charge in [-0.25, -0.2) is 0 Å². The van der Waals surface area contributed by atoms with E-state index in [1.165, 1.54) is 22.4 Å². The van der Waals surface area contributed by atoms with E-state index < -0.39 is 0 Å². The number of hydrogen-bond acceptors (Lipinski definition) is 2. The number of nitrogens with two attached hydrogens (primary N) is 1. The van der Waals surface area contributed by atoms with Crippen LogP contribution in [0.25, 0.3) is 0 Å². The molecule has 2 aromatic rings. The molecule has 2 N–H and O–H groups in total. The van der Waals surface area contributed by atoms with Crippen molar-refractivity contribution in [3.05, 3.63) is 52.3 Å². The molecule has 0 spiro atoms. The van der Waals surface area contributed by atoms with Crippen molar-refractivity contribution in [1.82, 2.24) is 9.78 Å².